The topological polar surface area (TPSA) is 67.4 Å². The van der Waals surface area contributed by atoms with E-state index in [9.17, 15) is 0 Å². The second-order valence-electron chi connectivity index (χ2n) is 7.77. The number of hydrogen-bond donors (Lipinski definition) is 2. The number of methoxy groups -OCH3 is 3. The second-order valence-corrected chi connectivity index (χ2v) is 7.77. The van der Waals surface area contributed by atoms with Crippen molar-refractivity contribution < 1.29 is 14.2 Å². The average Bonchev–Trinajstić information content (AvgIpc) is 2.75. The highest BCUT2D eigenvalue weighted by Crippen LogP contribution is 2.38. The van der Waals surface area contributed by atoms with Gasteiger partial charge in [-0.2, -0.15) is 0 Å². The minimum atomic E-state index is 0.509. The molecule has 7 nitrogen and oxygen atoms in total. The zero-order chi connectivity index (χ0) is 21.2. The van der Waals surface area contributed by atoms with E-state index in [4.69, 9.17) is 14.2 Å². The van der Waals surface area contributed by atoms with Gasteiger partial charge >= 0.3 is 0 Å². The van der Waals surface area contributed by atoms with Gasteiger partial charge in [-0.1, -0.05) is 19.3 Å². The van der Waals surface area contributed by atoms with Gasteiger partial charge in [0.15, 0.2) is 17.5 Å². The summed E-state index contributed by atoms with van der Waals surface area (Å²) in [5.41, 5.74) is 1.03. The molecule has 0 spiro atoms. The van der Waals surface area contributed by atoms with Crippen LogP contribution in [0.3, 0.4) is 0 Å². The Balaban J connectivity index is 1.98. The van der Waals surface area contributed by atoms with Crippen molar-refractivity contribution in [3.8, 4) is 17.2 Å². The first kappa shape index (κ1) is 23.1. The zero-order valence-corrected chi connectivity index (χ0v) is 18.9. The van der Waals surface area contributed by atoms with Gasteiger partial charge in [0.05, 0.1) is 21.3 Å². The molecule has 1 fully saturated rings. The van der Waals surface area contributed by atoms with Crippen LogP contribution in [-0.4, -0.2) is 65.9 Å². The maximum Gasteiger partial charge on any atom is 0.203 e. The predicted molar refractivity (Wildman–Crippen MR) is 118 cm³/mol. The van der Waals surface area contributed by atoms with E-state index >= 15 is 0 Å². The third-order valence-corrected chi connectivity index (χ3v) is 5.74. The van der Waals surface area contributed by atoms with Crippen LogP contribution in [0.1, 0.15) is 37.7 Å². The molecular weight excluding hydrogens is 368 g/mol. The predicted octanol–water partition coefficient (Wildman–Crippen LogP) is 2.89. The summed E-state index contributed by atoms with van der Waals surface area (Å²) in [4.78, 5) is 6.73. The Morgan fingerprint density at radius 2 is 1.66 bits per heavy atom. The molecular formula is C22H38N4O3. The maximum atomic E-state index is 5.44. The van der Waals surface area contributed by atoms with Crippen molar-refractivity contribution in [3.05, 3.63) is 17.7 Å². The van der Waals surface area contributed by atoms with Gasteiger partial charge < -0.3 is 29.7 Å². The van der Waals surface area contributed by atoms with E-state index in [0.29, 0.717) is 29.8 Å². The summed E-state index contributed by atoms with van der Waals surface area (Å²) < 4.78 is 16.3. The van der Waals surface area contributed by atoms with Crippen LogP contribution in [0, 0.1) is 5.92 Å². The lowest BCUT2D eigenvalue weighted by molar-refractivity contribution is 0.171. The molecule has 2 rings (SSSR count). The average molecular weight is 407 g/mol. The Morgan fingerprint density at radius 1 is 1.03 bits per heavy atom. The minimum Gasteiger partial charge on any atom is -0.493 e. The molecule has 1 saturated carbocycles. The molecule has 0 aromatic heterocycles. The van der Waals surface area contributed by atoms with Crippen LogP contribution in [0.5, 0.6) is 17.2 Å². The first-order valence-electron chi connectivity index (χ1n) is 10.4. The molecule has 1 aromatic rings. The Labute approximate surface area is 175 Å². The molecule has 0 bridgehead atoms. The van der Waals surface area contributed by atoms with Crippen LogP contribution in [0.25, 0.3) is 0 Å². The molecule has 164 valence electrons. The van der Waals surface area contributed by atoms with Gasteiger partial charge in [-0.25, -0.2) is 0 Å². The summed E-state index contributed by atoms with van der Waals surface area (Å²) in [7, 11) is 11.0. The molecule has 1 aliphatic rings. The fraction of sp³-hybridized carbons (Fsp3) is 0.682. The standard InChI is InChI=1S/C22H38N4O3/c1-23-22(25-15-18(26(2)3)17-10-8-7-9-11-17)24-14-16-12-19(27-4)21(29-6)20(13-16)28-5/h12-13,17-18H,7-11,14-15H2,1-6H3,(H2,23,24,25). The van der Waals surface area contributed by atoms with Crippen LogP contribution >= 0.6 is 0 Å². The normalized spacial score (nSPS) is 16.4. The van der Waals surface area contributed by atoms with Crippen molar-refractivity contribution in [2.45, 2.75) is 44.7 Å². The van der Waals surface area contributed by atoms with E-state index in [0.717, 1.165) is 24.0 Å². The lowest BCUT2D eigenvalue weighted by atomic mass is 9.83. The SMILES string of the molecule is CN=C(NCc1cc(OC)c(OC)c(OC)c1)NCC(C1CCCCC1)N(C)C. The third kappa shape index (κ3) is 6.42. The van der Waals surface area contributed by atoms with Gasteiger partial charge in [0.1, 0.15) is 0 Å². The lowest BCUT2D eigenvalue weighted by Gasteiger charge is -2.35. The van der Waals surface area contributed by atoms with Crippen molar-refractivity contribution in [2.24, 2.45) is 10.9 Å². The summed E-state index contributed by atoms with van der Waals surface area (Å²) in [5.74, 6) is 3.44. The summed E-state index contributed by atoms with van der Waals surface area (Å²) >= 11 is 0. The molecule has 1 aromatic carbocycles. The number of hydrogen-bond acceptors (Lipinski definition) is 5. The van der Waals surface area contributed by atoms with E-state index in [1.165, 1.54) is 32.1 Å². The van der Waals surface area contributed by atoms with Crippen molar-refractivity contribution in [1.82, 2.24) is 15.5 Å². The molecule has 0 saturated heterocycles. The van der Waals surface area contributed by atoms with E-state index in [-0.39, 0.29) is 0 Å². The van der Waals surface area contributed by atoms with Crippen molar-refractivity contribution in [1.29, 1.82) is 0 Å². The van der Waals surface area contributed by atoms with Gasteiger partial charge in [-0.05, 0) is 50.6 Å². The molecule has 7 heteroatoms. The number of nitrogens with one attached hydrogen (secondary N) is 2. The highest BCUT2D eigenvalue weighted by molar-refractivity contribution is 5.79. The van der Waals surface area contributed by atoms with E-state index in [1.807, 2.05) is 12.1 Å². The number of rotatable bonds is 9. The van der Waals surface area contributed by atoms with Crippen LogP contribution in [0.2, 0.25) is 0 Å². The number of aliphatic imine (C=N–C) groups is 1. The van der Waals surface area contributed by atoms with Crippen molar-refractivity contribution in [2.75, 3.05) is 49.0 Å². The van der Waals surface area contributed by atoms with Gasteiger partial charge in [-0.15, -0.1) is 0 Å². The Kier molecular flexibility index (Phi) is 9.38. The summed E-state index contributed by atoms with van der Waals surface area (Å²) in [6.07, 6.45) is 6.72. The minimum absolute atomic E-state index is 0.509. The fourth-order valence-corrected chi connectivity index (χ4v) is 4.13. The molecule has 29 heavy (non-hydrogen) atoms. The number of guanidine groups is 1. The summed E-state index contributed by atoms with van der Waals surface area (Å²) in [6, 6.07) is 4.41. The molecule has 2 N–H and O–H groups in total. The fourth-order valence-electron chi connectivity index (χ4n) is 4.13. The van der Waals surface area contributed by atoms with E-state index < -0.39 is 0 Å². The van der Waals surface area contributed by atoms with Crippen molar-refractivity contribution >= 4 is 5.96 Å². The van der Waals surface area contributed by atoms with Gasteiger partial charge in [0.2, 0.25) is 5.75 Å². The Morgan fingerprint density at radius 3 is 2.14 bits per heavy atom. The van der Waals surface area contributed by atoms with Crippen LogP contribution in [0.15, 0.2) is 17.1 Å². The van der Waals surface area contributed by atoms with E-state index in [1.54, 1.807) is 28.4 Å². The number of ether oxygens (including phenoxy) is 3. The number of likely N-dealkylation sites (N-methyl/N-ethyl adjacent to an activating group) is 1. The third-order valence-electron chi connectivity index (χ3n) is 5.74. The summed E-state index contributed by atoms with van der Waals surface area (Å²) in [5, 5.41) is 6.90. The van der Waals surface area contributed by atoms with Gasteiger partial charge in [-0.3, -0.25) is 4.99 Å². The second kappa shape index (κ2) is 11.8. The molecule has 1 aliphatic carbocycles. The molecule has 0 radical (unpaired) electrons. The molecule has 0 heterocycles. The largest absolute Gasteiger partial charge is 0.493 e. The van der Waals surface area contributed by atoms with Crippen LogP contribution in [-0.2, 0) is 6.54 Å². The zero-order valence-electron chi connectivity index (χ0n) is 18.9. The monoisotopic (exact) mass is 406 g/mol. The highest BCUT2D eigenvalue weighted by Gasteiger charge is 2.25. The molecule has 1 atom stereocenters. The highest BCUT2D eigenvalue weighted by atomic mass is 16.5. The number of benzene rings is 1. The molecule has 0 amide bonds. The Hall–Kier alpha value is -2.15. The lowest BCUT2D eigenvalue weighted by Crippen LogP contribution is -2.48. The smallest absolute Gasteiger partial charge is 0.203 e. The van der Waals surface area contributed by atoms with Gasteiger partial charge in [0, 0.05) is 26.2 Å². The maximum absolute atomic E-state index is 5.44. The van der Waals surface area contributed by atoms with E-state index in [2.05, 4.69) is 34.6 Å². The summed E-state index contributed by atoms with van der Waals surface area (Å²) in [6.45, 7) is 1.49. The first-order chi connectivity index (χ1) is 14.0. The van der Waals surface area contributed by atoms with Gasteiger partial charge in [0.25, 0.3) is 0 Å². The quantitative estimate of drug-likeness (QED) is 0.486. The Bertz CT molecular complexity index is 632. The first-order valence-corrected chi connectivity index (χ1v) is 10.4. The van der Waals surface area contributed by atoms with Crippen LogP contribution in [0.4, 0.5) is 0 Å². The number of nitrogens with zero attached hydrogens (tertiary/aromatic N) is 2. The van der Waals surface area contributed by atoms with Crippen LogP contribution < -0.4 is 24.8 Å². The van der Waals surface area contributed by atoms with Crippen molar-refractivity contribution in [3.63, 3.8) is 0 Å². The molecule has 0 aliphatic heterocycles. The molecule has 1 unspecified atom stereocenters.